The normalized spacial score (nSPS) is 10.2. The number of rotatable bonds is 8. The number of hydrogen-bond acceptors (Lipinski definition) is 4. The van der Waals surface area contributed by atoms with Gasteiger partial charge in [0.05, 0.1) is 13.0 Å². The first-order valence-corrected chi connectivity index (χ1v) is 7.88. The summed E-state index contributed by atoms with van der Waals surface area (Å²) in [5, 5.41) is 11.3. The van der Waals surface area contributed by atoms with Crippen molar-refractivity contribution in [3.05, 3.63) is 53.6 Å². The van der Waals surface area contributed by atoms with E-state index in [1.54, 1.807) is 24.3 Å². The number of nitrogens with one attached hydrogen (secondary N) is 1. The Morgan fingerprint density at radius 2 is 1.88 bits per heavy atom. The molecule has 0 unspecified atom stereocenters. The van der Waals surface area contributed by atoms with Crippen molar-refractivity contribution < 1.29 is 24.2 Å². The lowest BCUT2D eigenvalue weighted by molar-refractivity contribution is -0.139. The standard InChI is InChI=1S/C19H21NO5/c1-13-6-7-14(2)17(10-13)24-9-8-18(21)20-15-4-3-5-16(11-15)25-12-19(22)23/h3-7,10-11H,8-9,12H2,1-2H3,(H,20,21)(H,22,23). The molecule has 6 nitrogen and oxygen atoms in total. The maximum absolute atomic E-state index is 12.0. The number of ether oxygens (including phenoxy) is 2. The number of carboxylic acids is 1. The fraction of sp³-hybridized carbons (Fsp3) is 0.263. The molecule has 2 aromatic carbocycles. The van der Waals surface area contributed by atoms with Gasteiger partial charge in [0.25, 0.3) is 0 Å². The molecule has 0 bridgehead atoms. The van der Waals surface area contributed by atoms with E-state index in [0.717, 1.165) is 16.9 Å². The average molecular weight is 343 g/mol. The molecule has 2 rings (SSSR count). The summed E-state index contributed by atoms with van der Waals surface area (Å²) in [5.41, 5.74) is 2.66. The van der Waals surface area contributed by atoms with Gasteiger partial charge < -0.3 is 19.9 Å². The van der Waals surface area contributed by atoms with Gasteiger partial charge in [-0.05, 0) is 43.2 Å². The zero-order valence-corrected chi connectivity index (χ0v) is 14.2. The summed E-state index contributed by atoms with van der Waals surface area (Å²) >= 11 is 0. The minimum Gasteiger partial charge on any atom is -0.493 e. The van der Waals surface area contributed by atoms with Crippen LogP contribution in [0.3, 0.4) is 0 Å². The number of carbonyl (C=O) groups excluding carboxylic acids is 1. The van der Waals surface area contributed by atoms with Crippen LogP contribution < -0.4 is 14.8 Å². The molecule has 0 aliphatic carbocycles. The summed E-state index contributed by atoms with van der Waals surface area (Å²) in [6, 6.07) is 12.5. The molecule has 0 fully saturated rings. The second kappa shape index (κ2) is 8.73. The number of benzene rings is 2. The van der Waals surface area contributed by atoms with Crippen LogP contribution in [0, 0.1) is 13.8 Å². The Balaban J connectivity index is 1.83. The van der Waals surface area contributed by atoms with Crippen molar-refractivity contribution in [1.29, 1.82) is 0 Å². The van der Waals surface area contributed by atoms with E-state index in [2.05, 4.69) is 5.32 Å². The van der Waals surface area contributed by atoms with Gasteiger partial charge in [-0.15, -0.1) is 0 Å². The highest BCUT2D eigenvalue weighted by Gasteiger charge is 2.06. The Morgan fingerprint density at radius 3 is 2.64 bits per heavy atom. The molecule has 0 saturated carbocycles. The van der Waals surface area contributed by atoms with Gasteiger partial charge in [0.15, 0.2) is 6.61 Å². The molecule has 0 aliphatic heterocycles. The van der Waals surface area contributed by atoms with Crippen LogP contribution in [0.5, 0.6) is 11.5 Å². The van der Waals surface area contributed by atoms with Gasteiger partial charge in [-0.2, -0.15) is 0 Å². The molecule has 25 heavy (non-hydrogen) atoms. The molecule has 0 saturated heterocycles. The largest absolute Gasteiger partial charge is 0.493 e. The lowest BCUT2D eigenvalue weighted by Crippen LogP contribution is -2.15. The monoisotopic (exact) mass is 343 g/mol. The highest BCUT2D eigenvalue weighted by atomic mass is 16.5. The predicted molar refractivity (Wildman–Crippen MR) is 94.2 cm³/mol. The van der Waals surface area contributed by atoms with E-state index < -0.39 is 12.6 Å². The molecule has 0 radical (unpaired) electrons. The smallest absolute Gasteiger partial charge is 0.341 e. The van der Waals surface area contributed by atoms with Gasteiger partial charge in [0.1, 0.15) is 11.5 Å². The summed E-state index contributed by atoms with van der Waals surface area (Å²) in [7, 11) is 0. The summed E-state index contributed by atoms with van der Waals surface area (Å²) in [4.78, 5) is 22.5. The summed E-state index contributed by atoms with van der Waals surface area (Å²) in [6.45, 7) is 3.78. The molecule has 0 atom stereocenters. The second-order valence-electron chi connectivity index (χ2n) is 5.63. The zero-order chi connectivity index (χ0) is 18.2. The van der Waals surface area contributed by atoms with Crippen LogP contribution in [-0.4, -0.2) is 30.2 Å². The van der Waals surface area contributed by atoms with Crippen molar-refractivity contribution in [1.82, 2.24) is 0 Å². The van der Waals surface area contributed by atoms with E-state index in [9.17, 15) is 9.59 Å². The van der Waals surface area contributed by atoms with Crippen LogP contribution in [-0.2, 0) is 9.59 Å². The van der Waals surface area contributed by atoms with Crippen molar-refractivity contribution in [3.63, 3.8) is 0 Å². The first-order chi connectivity index (χ1) is 11.9. The van der Waals surface area contributed by atoms with Crippen LogP contribution in [0.25, 0.3) is 0 Å². The summed E-state index contributed by atoms with van der Waals surface area (Å²) < 4.78 is 10.7. The van der Waals surface area contributed by atoms with Crippen molar-refractivity contribution >= 4 is 17.6 Å². The number of anilines is 1. The van der Waals surface area contributed by atoms with Crippen LogP contribution in [0.15, 0.2) is 42.5 Å². The fourth-order valence-corrected chi connectivity index (χ4v) is 2.15. The van der Waals surface area contributed by atoms with Crippen molar-refractivity contribution in [2.24, 2.45) is 0 Å². The molecular weight excluding hydrogens is 322 g/mol. The van der Waals surface area contributed by atoms with Crippen molar-refractivity contribution in [2.45, 2.75) is 20.3 Å². The Kier molecular flexibility index (Phi) is 6.39. The van der Waals surface area contributed by atoms with E-state index in [1.807, 2.05) is 32.0 Å². The molecule has 2 aromatic rings. The van der Waals surface area contributed by atoms with Crippen LogP contribution in [0.2, 0.25) is 0 Å². The Morgan fingerprint density at radius 1 is 1.08 bits per heavy atom. The molecule has 0 spiro atoms. The van der Waals surface area contributed by atoms with E-state index in [-0.39, 0.29) is 18.9 Å². The highest BCUT2D eigenvalue weighted by Crippen LogP contribution is 2.20. The first-order valence-electron chi connectivity index (χ1n) is 7.88. The maximum atomic E-state index is 12.0. The molecule has 1 amide bonds. The zero-order valence-electron chi connectivity index (χ0n) is 14.2. The molecule has 0 aliphatic rings. The van der Waals surface area contributed by atoms with E-state index in [1.165, 1.54) is 0 Å². The minimum atomic E-state index is -1.06. The fourth-order valence-electron chi connectivity index (χ4n) is 2.15. The first kappa shape index (κ1) is 18.3. The van der Waals surface area contributed by atoms with Gasteiger partial charge in [-0.3, -0.25) is 4.79 Å². The maximum Gasteiger partial charge on any atom is 0.341 e. The molecule has 0 heterocycles. The van der Waals surface area contributed by atoms with Crippen molar-refractivity contribution in [2.75, 3.05) is 18.5 Å². The number of hydrogen-bond donors (Lipinski definition) is 2. The predicted octanol–water partition coefficient (Wildman–Crippen LogP) is 3.17. The Hall–Kier alpha value is -3.02. The minimum absolute atomic E-state index is 0.194. The Labute approximate surface area is 146 Å². The van der Waals surface area contributed by atoms with Gasteiger partial charge in [-0.25, -0.2) is 4.79 Å². The molecule has 132 valence electrons. The molecule has 6 heteroatoms. The topological polar surface area (TPSA) is 84.9 Å². The van der Waals surface area contributed by atoms with E-state index in [0.29, 0.717) is 11.4 Å². The van der Waals surface area contributed by atoms with Gasteiger partial charge in [0, 0.05) is 11.8 Å². The SMILES string of the molecule is Cc1ccc(C)c(OCCC(=O)Nc2cccc(OCC(=O)O)c2)c1. The highest BCUT2D eigenvalue weighted by molar-refractivity contribution is 5.91. The number of aliphatic carboxylic acids is 1. The third kappa shape index (κ3) is 6.18. The summed E-state index contributed by atoms with van der Waals surface area (Å²) in [5.74, 6) is -0.0950. The average Bonchev–Trinajstić information content (AvgIpc) is 2.56. The third-order valence-corrected chi connectivity index (χ3v) is 3.41. The molecular formula is C19H21NO5. The quantitative estimate of drug-likeness (QED) is 0.769. The molecule has 0 aromatic heterocycles. The van der Waals surface area contributed by atoms with Crippen LogP contribution >= 0.6 is 0 Å². The third-order valence-electron chi connectivity index (χ3n) is 3.41. The van der Waals surface area contributed by atoms with Gasteiger partial charge in [0.2, 0.25) is 5.91 Å². The summed E-state index contributed by atoms with van der Waals surface area (Å²) in [6.07, 6.45) is 0.202. The number of carbonyl (C=O) groups is 2. The number of carboxylic acid groups (broad SMARTS) is 1. The Bertz CT molecular complexity index is 757. The van der Waals surface area contributed by atoms with Crippen LogP contribution in [0.4, 0.5) is 5.69 Å². The van der Waals surface area contributed by atoms with Crippen LogP contribution in [0.1, 0.15) is 17.5 Å². The lowest BCUT2D eigenvalue weighted by atomic mass is 10.1. The number of amides is 1. The second-order valence-corrected chi connectivity index (χ2v) is 5.63. The lowest BCUT2D eigenvalue weighted by Gasteiger charge is -2.11. The molecule has 2 N–H and O–H groups in total. The number of aryl methyl sites for hydroxylation is 2. The van der Waals surface area contributed by atoms with Crippen molar-refractivity contribution in [3.8, 4) is 11.5 Å². The van der Waals surface area contributed by atoms with Gasteiger partial charge >= 0.3 is 5.97 Å². The van der Waals surface area contributed by atoms with E-state index >= 15 is 0 Å². The van der Waals surface area contributed by atoms with Gasteiger partial charge in [-0.1, -0.05) is 18.2 Å². The van der Waals surface area contributed by atoms with E-state index in [4.69, 9.17) is 14.6 Å².